The number of ether oxygens (including phenoxy) is 1. The standard InChI is InChI=1S/C30H44N6O6/c1-22(42-20-23-16-12-11-13-17-23)24(33-29(39)40)27(37)31-18-14-9-7-5-4-6-8-10-15-19-36-28(38)25-26(32-21-34(25)2)35(3)30(36)41/h11-13,16-17,21-22,24,33H,4-10,14-15,18-20H2,1-3H3,(H,31,37)(H,39,40)/t22-,24?/m1/s1. The third kappa shape index (κ3) is 9.30. The molecule has 0 saturated carbocycles. The van der Waals surface area contributed by atoms with Crippen LogP contribution in [0.3, 0.4) is 0 Å². The van der Waals surface area contributed by atoms with Gasteiger partial charge in [-0.05, 0) is 25.3 Å². The smallest absolute Gasteiger partial charge is 0.405 e. The second-order valence-electron chi connectivity index (χ2n) is 10.7. The molecule has 2 atom stereocenters. The average Bonchev–Trinajstić information content (AvgIpc) is 3.37. The zero-order chi connectivity index (χ0) is 30.5. The molecule has 42 heavy (non-hydrogen) atoms. The number of unbranched alkanes of at least 4 members (excludes halogenated alkanes) is 8. The van der Waals surface area contributed by atoms with Gasteiger partial charge in [0.1, 0.15) is 6.04 Å². The van der Waals surface area contributed by atoms with Crippen LogP contribution in [-0.2, 0) is 36.8 Å². The highest BCUT2D eigenvalue weighted by molar-refractivity contribution is 5.85. The molecule has 3 N–H and O–H groups in total. The predicted molar refractivity (Wildman–Crippen MR) is 160 cm³/mol. The molecule has 3 aromatic rings. The lowest BCUT2D eigenvalue weighted by atomic mass is 10.1. The van der Waals surface area contributed by atoms with Gasteiger partial charge in [-0.1, -0.05) is 75.3 Å². The number of nitrogens with zero attached hydrogens (tertiary/aromatic N) is 4. The summed E-state index contributed by atoms with van der Waals surface area (Å²) in [4.78, 5) is 53.3. The lowest BCUT2D eigenvalue weighted by Crippen LogP contribution is -2.53. The molecule has 2 aromatic heterocycles. The van der Waals surface area contributed by atoms with E-state index in [4.69, 9.17) is 4.74 Å². The molecule has 12 heteroatoms. The first kappa shape index (κ1) is 32.6. The number of fused-ring (bicyclic) bond motifs is 1. The van der Waals surface area contributed by atoms with E-state index < -0.39 is 24.1 Å². The Morgan fingerprint density at radius 3 is 2.21 bits per heavy atom. The Balaban J connectivity index is 1.25. The summed E-state index contributed by atoms with van der Waals surface area (Å²) in [5, 5.41) is 14.3. The second kappa shape index (κ2) is 16.5. The lowest BCUT2D eigenvalue weighted by Gasteiger charge is -2.23. The minimum Gasteiger partial charge on any atom is -0.465 e. The molecular weight excluding hydrogens is 540 g/mol. The number of carboxylic acid groups (broad SMARTS) is 1. The lowest BCUT2D eigenvalue weighted by molar-refractivity contribution is -0.127. The van der Waals surface area contributed by atoms with Crippen LogP contribution in [0.1, 0.15) is 70.3 Å². The molecule has 12 nitrogen and oxygen atoms in total. The maximum atomic E-state index is 12.7. The van der Waals surface area contributed by atoms with E-state index >= 15 is 0 Å². The molecule has 1 unspecified atom stereocenters. The molecule has 0 aliphatic heterocycles. The number of carbonyl (C=O) groups is 2. The van der Waals surface area contributed by atoms with E-state index in [1.165, 1.54) is 9.13 Å². The first-order valence-electron chi connectivity index (χ1n) is 14.7. The third-order valence-electron chi connectivity index (χ3n) is 7.45. The molecule has 0 radical (unpaired) electrons. The molecule has 0 fully saturated rings. The molecular formula is C30H44N6O6. The van der Waals surface area contributed by atoms with E-state index in [-0.39, 0.29) is 17.9 Å². The minimum atomic E-state index is -1.27. The van der Waals surface area contributed by atoms with Crippen LogP contribution < -0.4 is 21.9 Å². The van der Waals surface area contributed by atoms with Crippen molar-refractivity contribution in [3.63, 3.8) is 0 Å². The van der Waals surface area contributed by atoms with Gasteiger partial charge in [0.05, 0.1) is 19.0 Å². The number of imidazole rings is 1. The minimum absolute atomic E-state index is 0.287. The molecule has 0 spiro atoms. The van der Waals surface area contributed by atoms with Gasteiger partial charge in [0.25, 0.3) is 5.56 Å². The van der Waals surface area contributed by atoms with Crippen molar-refractivity contribution in [3.8, 4) is 0 Å². The van der Waals surface area contributed by atoms with Crippen LogP contribution in [0.2, 0.25) is 0 Å². The van der Waals surface area contributed by atoms with Gasteiger partial charge in [-0.2, -0.15) is 0 Å². The van der Waals surface area contributed by atoms with Crippen molar-refractivity contribution in [3.05, 3.63) is 63.1 Å². The molecule has 0 bridgehead atoms. The van der Waals surface area contributed by atoms with Gasteiger partial charge in [-0.15, -0.1) is 0 Å². The van der Waals surface area contributed by atoms with Crippen molar-refractivity contribution in [1.82, 2.24) is 29.3 Å². The molecule has 3 rings (SSSR count). The van der Waals surface area contributed by atoms with E-state index in [0.29, 0.717) is 24.3 Å². The zero-order valence-corrected chi connectivity index (χ0v) is 24.9. The number of rotatable bonds is 18. The maximum Gasteiger partial charge on any atom is 0.405 e. The van der Waals surface area contributed by atoms with Crippen LogP contribution in [0, 0.1) is 0 Å². The summed E-state index contributed by atoms with van der Waals surface area (Å²) in [7, 11) is 3.39. The Hall–Kier alpha value is -3.93. The van der Waals surface area contributed by atoms with Crippen LogP contribution >= 0.6 is 0 Å². The van der Waals surface area contributed by atoms with Crippen LogP contribution in [0.25, 0.3) is 11.2 Å². The number of benzene rings is 1. The quantitative estimate of drug-likeness (QED) is 0.194. The Morgan fingerprint density at radius 1 is 0.952 bits per heavy atom. The first-order valence-corrected chi connectivity index (χ1v) is 14.7. The number of carbonyl (C=O) groups excluding carboxylic acids is 1. The number of aryl methyl sites for hydroxylation is 2. The number of amides is 2. The van der Waals surface area contributed by atoms with Crippen molar-refractivity contribution >= 4 is 23.2 Å². The molecule has 0 saturated heterocycles. The van der Waals surface area contributed by atoms with E-state index in [1.54, 1.807) is 31.9 Å². The monoisotopic (exact) mass is 584 g/mol. The largest absolute Gasteiger partial charge is 0.465 e. The molecule has 0 aliphatic carbocycles. The van der Waals surface area contributed by atoms with Crippen molar-refractivity contribution in [2.24, 2.45) is 14.1 Å². The topological polar surface area (TPSA) is 149 Å². The molecule has 1 aromatic carbocycles. The van der Waals surface area contributed by atoms with Gasteiger partial charge < -0.3 is 25.0 Å². The summed E-state index contributed by atoms with van der Waals surface area (Å²) < 4.78 is 10.1. The summed E-state index contributed by atoms with van der Waals surface area (Å²) in [5.41, 5.74) is 1.17. The summed E-state index contributed by atoms with van der Waals surface area (Å²) in [6.07, 6.45) is 8.55. The normalized spacial score (nSPS) is 12.7. The van der Waals surface area contributed by atoms with Gasteiger partial charge >= 0.3 is 11.8 Å². The highest BCUT2D eigenvalue weighted by atomic mass is 16.5. The predicted octanol–water partition coefficient (Wildman–Crippen LogP) is 3.30. The Labute approximate surface area is 245 Å². The van der Waals surface area contributed by atoms with Crippen LogP contribution in [-0.4, -0.2) is 54.5 Å². The van der Waals surface area contributed by atoms with Crippen molar-refractivity contribution < 1.29 is 19.4 Å². The summed E-state index contributed by atoms with van der Waals surface area (Å²) >= 11 is 0. The molecule has 230 valence electrons. The van der Waals surface area contributed by atoms with E-state index in [0.717, 1.165) is 63.4 Å². The third-order valence-corrected chi connectivity index (χ3v) is 7.45. The van der Waals surface area contributed by atoms with Gasteiger partial charge in [-0.25, -0.2) is 14.6 Å². The van der Waals surface area contributed by atoms with Crippen molar-refractivity contribution in [2.45, 2.75) is 90.0 Å². The Bertz CT molecular complexity index is 1410. The number of hydrogen-bond donors (Lipinski definition) is 3. The molecule has 0 aliphatic rings. The molecule has 2 heterocycles. The van der Waals surface area contributed by atoms with Gasteiger partial charge in [0.15, 0.2) is 11.2 Å². The van der Waals surface area contributed by atoms with Crippen LogP contribution in [0.4, 0.5) is 4.79 Å². The second-order valence-corrected chi connectivity index (χ2v) is 10.7. The van der Waals surface area contributed by atoms with E-state index in [9.17, 15) is 24.3 Å². The zero-order valence-electron chi connectivity index (χ0n) is 24.9. The van der Waals surface area contributed by atoms with Crippen LogP contribution in [0.15, 0.2) is 46.2 Å². The number of aromatic nitrogens is 4. The van der Waals surface area contributed by atoms with E-state index in [2.05, 4.69) is 15.6 Å². The number of hydrogen-bond acceptors (Lipinski definition) is 6. The van der Waals surface area contributed by atoms with Crippen LogP contribution in [0.5, 0.6) is 0 Å². The first-order chi connectivity index (χ1) is 20.2. The number of nitrogens with one attached hydrogen (secondary N) is 2. The highest BCUT2D eigenvalue weighted by Gasteiger charge is 2.27. The van der Waals surface area contributed by atoms with Crippen molar-refractivity contribution in [1.29, 1.82) is 0 Å². The average molecular weight is 585 g/mol. The summed E-state index contributed by atoms with van der Waals surface area (Å²) in [6, 6.07) is 8.51. The van der Waals surface area contributed by atoms with E-state index in [1.807, 2.05) is 30.3 Å². The molecule has 2 amide bonds. The van der Waals surface area contributed by atoms with Crippen molar-refractivity contribution in [2.75, 3.05) is 6.54 Å². The fraction of sp³-hybridized carbons (Fsp3) is 0.567. The SMILES string of the molecule is C[C@@H](OCc1ccccc1)C(NC(=O)O)C(=O)NCCCCCCCCCCCn1c(=O)c2c(ncn2C)n(C)c1=O. The van der Waals surface area contributed by atoms with Gasteiger partial charge in [-0.3, -0.25) is 18.7 Å². The Morgan fingerprint density at radius 2 is 1.57 bits per heavy atom. The van der Waals surface area contributed by atoms with Gasteiger partial charge in [0, 0.05) is 27.2 Å². The fourth-order valence-electron chi connectivity index (χ4n) is 4.97. The summed E-state index contributed by atoms with van der Waals surface area (Å²) in [5.74, 6) is -0.390. The van der Waals surface area contributed by atoms with Gasteiger partial charge in [0.2, 0.25) is 5.91 Å². The highest BCUT2D eigenvalue weighted by Crippen LogP contribution is 2.11. The maximum absolute atomic E-state index is 12.7. The summed E-state index contributed by atoms with van der Waals surface area (Å²) in [6.45, 7) is 2.85. The fourth-order valence-corrected chi connectivity index (χ4v) is 4.97. The Kier molecular flexibility index (Phi) is 12.8.